The van der Waals surface area contributed by atoms with Gasteiger partial charge in [-0.1, -0.05) is 12.1 Å². The van der Waals surface area contributed by atoms with Gasteiger partial charge in [0, 0.05) is 26.7 Å². The summed E-state index contributed by atoms with van der Waals surface area (Å²) in [5, 5.41) is 2.94. The van der Waals surface area contributed by atoms with Gasteiger partial charge in [0.2, 0.25) is 0 Å². The number of hydrogen-bond donors (Lipinski definition) is 1. The molecule has 0 aliphatic carbocycles. The van der Waals surface area contributed by atoms with Crippen LogP contribution in [0.4, 0.5) is 5.69 Å². The maximum absolute atomic E-state index is 12.5. The van der Waals surface area contributed by atoms with Gasteiger partial charge in [-0.3, -0.25) is 9.10 Å². The molecule has 0 aliphatic heterocycles. The number of anilines is 1. The Hall–Kier alpha value is -2.58. The highest BCUT2D eigenvalue weighted by Crippen LogP contribution is 2.20. The zero-order valence-corrected chi connectivity index (χ0v) is 17.7. The predicted molar refractivity (Wildman–Crippen MR) is 111 cm³/mol. The van der Waals surface area contributed by atoms with Gasteiger partial charge in [0.25, 0.3) is 5.91 Å². The van der Waals surface area contributed by atoms with Crippen molar-refractivity contribution in [3.8, 4) is 5.75 Å². The molecular weight excluding hydrogens is 378 g/mol. The molecule has 1 atom stereocenters. The summed E-state index contributed by atoms with van der Waals surface area (Å²) < 4.78 is 32.1. The van der Waals surface area contributed by atoms with Crippen LogP contribution in [-0.4, -0.2) is 46.4 Å². The number of rotatable bonds is 8. The number of amides is 1. The first-order chi connectivity index (χ1) is 13.2. The molecule has 8 heteroatoms. The Bertz CT molecular complexity index is 894. The fourth-order valence-electron chi connectivity index (χ4n) is 2.58. The van der Waals surface area contributed by atoms with E-state index in [1.807, 2.05) is 38.1 Å². The minimum atomic E-state index is -3.57. The van der Waals surface area contributed by atoms with E-state index in [0.29, 0.717) is 17.9 Å². The first-order valence-electron chi connectivity index (χ1n) is 8.97. The average molecular weight is 406 g/mol. The lowest BCUT2D eigenvalue weighted by Crippen LogP contribution is -2.37. The van der Waals surface area contributed by atoms with Crippen molar-refractivity contribution in [2.45, 2.75) is 19.9 Å². The SMILES string of the molecule is CCOc1ccc([C@@H](C)NC(=O)c2ccc(N(C)S(=O)(=O)N(C)C)cc2)cc1. The van der Waals surface area contributed by atoms with Gasteiger partial charge in [0.15, 0.2) is 0 Å². The van der Waals surface area contributed by atoms with Gasteiger partial charge in [0.1, 0.15) is 5.75 Å². The van der Waals surface area contributed by atoms with Crippen molar-refractivity contribution in [2.75, 3.05) is 32.1 Å². The lowest BCUT2D eigenvalue weighted by atomic mass is 10.1. The minimum absolute atomic E-state index is 0.181. The molecule has 2 aromatic rings. The molecule has 0 saturated carbocycles. The van der Waals surface area contributed by atoms with E-state index < -0.39 is 10.2 Å². The summed E-state index contributed by atoms with van der Waals surface area (Å²) in [6.45, 7) is 4.43. The predicted octanol–water partition coefficient (Wildman–Crippen LogP) is 2.82. The summed E-state index contributed by atoms with van der Waals surface area (Å²) in [4.78, 5) is 12.5. The first kappa shape index (κ1) is 21.7. The molecule has 0 saturated heterocycles. The van der Waals surface area contributed by atoms with E-state index in [1.54, 1.807) is 24.3 Å². The van der Waals surface area contributed by atoms with Crippen molar-refractivity contribution in [1.29, 1.82) is 0 Å². The zero-order valence-electron chi connectivity index (χ0n) is 16.8. The van der Waals surface area contributed by atoms with Crippen LogP contribution in [0.5, 0.6) is 5.75 Å². The van der Waals surface area contributed by atoms with E-state index in [1.165, 1.54) is 21.1 Å². The van der Waals surface area contributed by atoms with Gasteiger partial charge in [0.05, 0.1) is 18.3 Å². The fourth-order valence-corrected chi connectivity index (χ4v) is 3.46. The van der Waals surface area contributed by atoms with E-state index in [0.717, 1.165) is 19.9 Å². The highest BCUT2D eigenvalue weighted by molar-refractivity contribution is 7.90. The molecule has 0 heterocycles. The Balaban J connectivity index is 2.06. The highest BCUT2D eigenvalue weighted by Gasteiger charge is 2.21. The maximum atomic E-state index is 12.5. The Labute approximate surface area is 167 Å². The molecule has 2 rings (SSSR count). The summed E-state index contributed by atoms with van der Waals surface area (Å²) in [5.74, 6) is 0.559. The molecular formula is C20H27N3O4S. The Kier molecular flexibility index (Phi) is 7.04. The minimum Gasteiger partial charge on any atom is -0.494 e. The summed E-state index contributed by atoms with van der Waals surface area (Å²) in [5.41, 5.74) is 1.90. The molecule has 28 heavy (non-hydrogen) atoms. The van der Waals surface area contributed by atoms with E-state index in [4.69, 9.17) is 4.74 Å². The van der Waals surface area contributed by atoms with Crippen LogP contribution in [-0.2, 0) is 10.2 Å². The lowest BCUT2D eigenvalue weighted by molar-refractivity contribution is 0.0940. The van der Waals surface area contributed by atoms with Gasteiger partial charge in [-0.2, -0.15) is 12.7 Å². The number of nitrogens with one attached hydrogen (secondary N) is 1. The molecule has 0 spiro atoms. The van der Waals surface area contributed by atoms with Gasteiger partial charge in [-0.05, 0) is 55.8 Å². The summed E-state index contributed by atoms with van der Waals surface area (Å²) >= 11 is 0. The molecule has 0 aliphatic rings. The number of hydrogen-bond acceptors (Lipinski definition) is 4. The molecule has 152 valence electrons. The largest absolute Gasteiger partial charge is 0.494 e. The van der Waals surface area contributed by atoms with E-state index in [-0.39, 0.29) is 11.9 Å². The van der Waals surface area contributed by atoms with Crippen LogP contribution in [0, 0.1) is 0 Å². The molecule has 0 radical (unpaired) electrons. The molecule has 7 nitrogen and oxygen atoms in total. The van der Waals surface area contributed by atoms with Crippen LogP contribution in [0.25, 0.3) is 0 Å². The van der Waals surface area contributed by atoms with Crippen LogP contribution in [0.15, 0.2) is 48.5 Å². The molecule has 0 bridgehead atoms. The molecule has 1 amide bonds. The molecule has 0 aromatic heterocycles. The van der Waals surface area contributed by atoms with Crippen molar-refractivity contribution >= 4 is 21.8 Å². The number of benzene rings is 2. The van der Waals surface area contributed by atoms with Gasteiger partial charge >= 0.3 is 10.2 Å². The van der Waals surface area contributed by atoms with Gasteiger partial charge < -0.3 is 10.1 Å². The molecule has 0 fully saturated rings. The zero-order chi connectivity index (χ0) is 20.9. The monoisotopic (exact) mass is 405 g/mol. The maximum Gasteiger partial charge on any atom is 0.303 e. The van der Waals surface area contributed by atoms with E-state index in [9.17, 15) is 13.2 Å². The van der Waals surface area contributed by atoms with E-state index in [2.05, 4.69) is 5.32 Å². The summed E-state index contributed by atoms with van der Waals surface area (Å²) in [6, 6.07) is 13.8. The summed E-state index contributed by atoms with van der Waals surface area (Å²) in [7, 11) is 0.837. The van der Waals surface area contributed by atoms with Crippen molar-refractivity contribution in [3.63, 3.8) is 0 Å². The number of carbonyl (C=O) groups is 1. The molecule has 1 N–H and O–H groups in total. The third-order valence-electron chi connectivity index (χ3n) is 4.34. The third-order valence-corrected chi connectivity index (χ3v) is 6.17. The van der Waals surface area contributed by atoms with Crippen LogP contribution < -0.4 is 14.4 Å². The van der Waals surface area contributed by atoms with Gasteiger partial charge in [-0.15, -0.1) is 0 Å². The van der Waals surface area contributed by atoms with Crippen LogP contribution in [0.1, 0.15) is 35.8 Å². The third kappa shape index (κ3) is 5.02. The number of carbonyl (C=O) groups excluding carboxylic acids is 1. The Morgan fingerprint density at radius 3 is 2.11 bits per heavy atom. The van der Waals surface area contributed by atoms with Crippen LogP contribution in [0.3, 0.4) is 0 Å². The van der Waals surface area contributed by atoms with E-state index >= 15 is 0 Å². The quantitative estimate of drug-likeness (QED) is 0.732. The van der Waals surface area contributed by atoms with Crippen molar-refractivity contribution in [2.24, 2.45) is 0 Å². The summed E-state index contributed by atoms with van der Waals surface area (Å²) in [6.07, 6.45) is 0. The fraction of sp³-hybridized carbons (Fsp3) is 0.350. The second-order valence-electron chi connectivity index (χ2n) is 6.50. The average Bonchev–Trinajstić information content (AvgIpc) is 2.68. The number of nitrogens with zero attached hydrogens (tertiary/aromatic N) is 2. The smallest absolute Gasteiger partial charge is 0.303 e. The first-order valence-corrected chi connectivity index (χ1v) is 10.4. The Morgan fingerprint density at radius 1 is 1.04 bits per heavy atom. The van der Waals surface area contributed by atoms with Crippen molar-refractivity contribution < 1.29 is 17.9 Å². The Morgan fingerprint density at radius 2 is 1.61 bits per heavy atom. The van der Waals surface area contributed by atoms with Crippen molar-refractivity contribution in [3.05, 3.63) is 59.7 Å². The van der Waals surface area contributed by atoms with Gasteiger partial charge in [-0.25, -0.2) is 0 Å². The van der Waals surface area contributed by atoms with Crippen molar-refractivity contribution in [1.82, 2.24) is 9.62 Å². The standard InChI is InChI=1S/C20H27N3O4S/c1-6-27-19-13-9-16(10-14-19)15(2)21-20(24)17-7-11-18(12-8-17)23(5)28(25,26)22(3)4/h7-15H,6H2,1-5H3,(H,21,24)/t15-/m1/s1. The van der Waals surface area contributed by atoms with Crippen LogP contribution in [0.2, 0.25) is 0 Å². The molecule has 0 unspecified atom stereocenters. The normalized spacial score (nSPS) is 12.5. The number of ether oxygens (including phenoxy) is 1. The van der Waals surface area contributed by atoms with Crippen LogP contribution >= 0.6 is 0 Å². The second-order valence-corrected chi connectivity index (χ2v) is 8.68. The topological polar surface area (TPSA) is 79.0 Å². The second kappa shape index (κ2) is 9.07. The lowest BCUT2D eigenvalue weighted by Gasteiger charge is -2.23. The molecule has 2 aromatic carbocycles. The highest BCUT2D eigenvalue weighted by atomic mass is 32.2.